The highest BCUT2D eigenvalue weighted by Crippen LogP contribution is 2.30. The molecule has 0 fully saturated rings. The number of hydrogen-bond donors (Lipinski definition) is 1. The molecular formula is C12H13BrFN3S. The third-order valence-electron chi connectivity index (χ3n) is 2.47. The van der Waals surface area contributed by atoms with Gasteiger partial charge in [-0.05, 0) is 48.1 Å². The molecule has 0 saturated carbocycles. The van der Waals surface area contributed by atoms with E-state index in [1.165, 1.54) is 11.3 Å². The first-order chi connectivity index (χ1) is 8.72. The minimum absolute atomic E-state index is 0.282. The van der Waals surface area contributed by atoms with Crippen molar-refractivity contribution in [2.45, 2.75) is 12.8 Å². The van der Waals surface area contributed by atoms with Gasteiger partial charge in [0.2, 0.25) is 0 Å². The normalized spacial score (nSPS) is 10.8. The molecule has 0 aliphatic rings. The zero-order chi connectivity index (χ0) is 13.0. The average Bonchev–Trinajstić information content (AvgIpc) is 2.82. The summed E-state index contributed by atoms with van der Waals surface area (Å²) in [5.41, 5.74) is 0.502. The largest absolute Gasteiger partial charge is 0.320 e. The number of nitrogens with one attached hydrogen (secondary N) is 1. The quantitative estimate of drug-likeness (QED) is 0.855. The minimum Gasteiger partial charge on any atom is -0.320 e. The molecule has 96 valence electrons. The number of nitrogens with zero attached hydrogens (tertiary/aromatic N) is 2. The number of aromatic nitrogens is 2. The van der Waals surface area contributed by atoms with Gasteiger partial charge in [0.05, 0.1) is 4.47 Å². The predicted molar refractivity (Wildman–Crippen MR) is 75.3 cm³/mol. The maximum Gasteiger partial charge on any atom is 0.150 e. The Morgan fingerprint density at radius 2 is 2.22 bits per heavy atom. The molecule has 1 aromatic heterocycles. The maximum atomic E-state index is 13.9. The van der Waals surface area contributed by atoms with Crippen LogP contribution in [0.3, 0.4) is 0 Å². The van der Waals surface area contributed by atoms with E-state index in [1.807, 2.05) is 7.05 Å². The van der Waals surface area contributed by atoms with Gasteiger partial charge in [-0.1, -0.05) is 17.4 Å². The summed E-state index contributed by atoms with van der Waals surface area (Å²) in [6.45, 7) is 0.945. The highest BCUT2D eigenvalue weighted by atomic mass is 79.9. The summed E-state index contributed by atoms with van der Waals surface area (Å²) in [5.74, 6) is -0.282. The van der Waals surface area contributed by atoms with Crippen LogP contribution >= 0.6 is 27.3 Å². The fraction of sp³-hybridized carbons (Fsp3) is 0.333. The lowest BCUT2D eigenvalue weighted by Crippen LogP contribution is -2.08. The molecule has 0 atom stereocenters. The Morgan fingerprint density at radius 1 is 1.39 bits per heavy atom. The van der Waals surface area contributed by atoms with Crippen LogP contribution in [-0.2, 0) is 6.42 Å². The van der Waals surface area contributed by atoms with Crippen molar-refractivity contribution in [2.75, 3.05) is 13.6 Å². The van der Waals surface area contributed by atoms with Crippen molar-refractivity contribution in [3.8, 4) is 10.6 Å². The van der Waals surface area contributed by atoms with Gasteiger partial charge in [0.25, 0.3) is 0 Å². The molecular weight excluding hydrogens is 317 g/mol. The van der Waals surface area contributed by atoms with E-state index in [0.29, 0.717) is 15.0 Å². The van der Waals surface area contributed by atoms with Gasteiger partial charge < -0.3 is 5.32 Å². The summed E-state index contributed by atoms with van der Waals surface area (Å²) in [6, 6.07) is 5.19. The summed E-state index contributed by atoms with van der Waals surface area (Å²) in [5, 5.41) is 12.8. The standard InChI is InChI=1S/C12H13BrFN3S/c1-15-7-3-6-10-16-17-12(18-10)8-4-2-5-9(13)11(8)14/h2,4-5,15H,3,6-7H2,1H3. The van der Waals surface area contributed by atoms with E-state index in [0.717, 1.165) is 24.4 Å². The van der Waals surface area contributed by atoms with Crippen molar-refractivity contribution in [1.29, 1.82) is 0 Å². The molecule has 1 aromatic carbocycles. The van der Waals surface area contributed by atoms with E-state index in [4.69, 9.17) is 0 Å². The Morgan fingerprint density at radius 3 is 3.00 bits per heavy atom. The molecule has 2 aromatic rings. The Labute approximate surface area is 118 Å². The summed E-state index contributed by atoms with van der Waals surface area (Å²) >= 11 is 4.62. The zero-order valence-electron chi connectivity index (χ0n) is 9.91. The van der Waals surface area contributed by atoms with Crippen LogP contribution in [0.25, 0.3) is 10.6 Å². The SMILES string of the molecule is CNCCCc1nnc(-c2cccc(Br)c2F)s1. The lowest BCUT2D eigenvalue weighted by molar-refractivity contribution is 0.624. The van der Waals surface area contributed by atoms with Crippen LogP contribution in [0, 0.1) is 5.82 Å². The molecule has 0 aliphatic heterocycles. The molecule has 0 unspecified atom stereocenters. The van der Waals surface area contributed by atoms with Crippen LogP contribution in [0.2, 0.25) is 0 Å². The van der Waals surface area contributed by atoms with Gasteiger partial charge in [-0.2, -0.15) is 0 Å². The molecule has 1 N–H and O–H groups in total. The van der Waals surface area contributed by atoms with Crippen molar-refractivity contribution in [1.82, 2.24) is 15.5 Å². The number of benzene rings is 1. The van der Waals surface area contributed by atoms with Crippen LogP contribution in [0.1, 0.15) is 11.4 Å². The van der Waals surface area contributed by atoms with Crippen molar-refractivity contribution in [3.05, 3.63) is 33.5 Å². The van der Waals surface area contributed by atoms with E-state index in [-0.39, 0.29) is 5.82 Å². The second-order valence-electron chi connectivity index (χ2n) is 3.81. The van der Waals surface area contributed by atoms with E-state index < -0.39 is 0 Å². The Bertz CT molecular complexity index is 530. The monoisotopic (exact) mass is 329 g/mol. The van der Waals surface area contributed by atoms with Crippen LogP contribution in [0.4, 0.5) is 4.39 Å². The van der Waals surface area contributed by atoms with Crippen molar-refractivity contribution < 1.29 is 4.39 Å². The van der Waals surface area contributed by atoms with Crippen LogP contribution in [-0.4, -0.2) is 23.8 Å². The van der Waals surface area contributed by atoms with Crippen LogP contribution < -0.4 is 5.32 Å². The van der Waals surface area contributed by atoms with Crippen LogP contribution in [0.5, 0.6) is 0 Å². The molecule has 0 bridgehead atoms. The lowest BCUT2D eigenvalue weighted by atomic mass is 10.2. The summed E-state index contributed by atoms with van der Waals surface area (Å²) in [7, 11) is 1.92. The molecule has 18 heavy (non-hydrogen) atoms. The molecule has 0 aliphatic carbocycles. The molecule has 0 radical (unpaired) electrons. The molecule has 2 rings (SSSR count). The van der Waals surface area contributed by atoms with Gasteiger partial charge >= 0.3 is 0 Å². The summed E-state index contributed by atoms with van der Waals surface area (Å²) in [6.07, 6.45) is 1.88. The lowest BCUT2D eigenvalue weighted by Gasteiger charge is -1.99. The van der Waals surface area contributed by atoms with Gasteiger partial charge in [-0.3, -0.25) is 0 Å². The molecule has 3 nitrogen and oxygen atoms in total. The van der Waals surface area contributed by atoms with Crippen molar-refractivity contribution >= 4 is 27.3 Å². The molecule has 0 spiro atoms. The topological polar surface area (TPSA) is 37.8 Å². The Balaban J connectivity index is 2.16. The number of aryl methyl sites for hydroxylation is 1. The highest BCUT2D eigenvalue weighted by Gasteiger charge is 2.12. The fourth-order valence-corrected chi connectivity index (χ4v) is 2.82. The Hall–Kier alpha value is -0.850. The Kier molecular flexibility index (Phi) is 4.79. The van der Waals surface area contributed by atoms with Gasteiger partial charge in [0, 0.05) is 12.0 Å². The van der Waals surface area contributed by atoms with Gasteiger partial charge in [0.1, 0.15) is 10.8 Å². The van der Waals surface area contributed by atoms with Gasteiger partial charge in [-0.25, -0.2) is 4.39 Å². The minimum atomic E-state index is -0.282. The highest BCUT2D eigenvalue weighted by molar-refractivity contribution is 9.10. The van der Waals surface area contributed by atoms with Crippen molar-refractivity contribution in [3.63, 3.8) is 0 Å². The second kappa shape index (κ2) is 6.36. The predicted octanol–water partition coefficient (Wildman–Crippen LogP) is 3.26. The first-order valence-electron chi connectivity index (χ1n) is 5.63. The number of hydrogen-bond acceptors (Lipinski definition) is 4. The van der Waals surface area contributed by atoms with E-state index in [1.54, 1.807) is 18.2 Å². The third kappa shape index (κ3) is 3.13. The molecule has 1 heterocycles. The summed E-state index contributed by atoms with van der Waals surface area (Å²) < 4.78 is 14.3. The molecule has 0 amide bonds. The smallest absolute Gasteiger partial charge is 0.150 e. The maximum absolute atomic E-state index is 13.9. The first kappa shape index (κ1) is 13.6. The molecule has 6 heteroatoms. The van der Waals surface area contributed by atoms with E-state index in [9.17, 15) is 4.39 Å². The fourth-order valence-electron chi connectivity index (χ4n) is 1.55. The second-order valence-corrected chi connectivity index (χ2v) is 5.73. The van der Waals surface area contributed by atoms with Gasteiger partial charge in [-0.15, -0.1) is 10.2 Å². The van der Waals surface area contributed by atoms with E-state index in [2.05, 4.69) is 31.4 Å². The number of rotatable bonds is 5. The number of halogens is 2. The zero-order valence-corrected chi connectivity index (χ0v) is 12.3. The van der Waals surface area contributed by atoms with Crippen LogP contribution in [0.15, 0.2) is 22.7 Å². The van der Waals surface area contributed by atoms with Crippen molar-refractivity contribution in [2.24, 2.45) is 0 Å². The average molecular weight is 330 g/mol. The third-order valence-corrected chi connectivity index (χ3v) is 4.10. The first-order valence-corrected chi connectivity index (χ1v) is 7.24. The van der Waals surface area contributed by atoms with E-state index >= 15 is 0 Å². The molecule has 0 saturated heterocycles. The van der Waals surface area contributed by atoms with Gasteiger partial charge in [0.15, 0.2) is 5.01 Å². The summed E-state index contributed by atoms with van der Waals surface area (Å²) in [4.78, 5) is 0.